The van der Waals surface area contributed by atoms with Crippen molar-refractivity contribution in [2.24, 2.45) is 11.8 Å². The molecule has 0 amide bonds. The minimum Gasteiger partial charge on any atom is -0.389 e. The van der Waals surface area contributed by atoms with Gasteiger partial charge < -0.3 is 19.9 Å². The maximum atomic E-state index is 9.69. The van der Waals surface area contributed by atoms with Gasteiger partial charge in [0.25, 0.3) is 0 Å². The molecular weight excluding hydrogens is 218 g/mol. The third-order valence-electron chi connectivity index (χ3n) is 2.96. The summed E-state index contributed by atoms with van der Waals surface area (Å²) in [6.07, 6.45) is -0.419. The molecule has 17 heavy (non-hydrogen) atoms. The highest BCUT2D eigenvalue weighted by Crippen LogP contribution is 2.07. The van der Waals surface area contributed by atoms with E-state index in [1.54, 1.807) is 7.11 Å². The summed E-state index contributed by atoms with van der Waals surface area (Å²) in [5.74, 6) is 1.29. The summed E-state index contributed by atoms with van der Waals surface area (Å²) in [5, 5.41) is 13.0. The van der Waals surface area contributed by atoms with Gasteiger partial charge in [0.2, 0.25) is 0 Å². The summed E-state index contributed by atoms with van der Waals surface area (Å²) in [4.78, 5) is 0. The molecule has 4 nitrogen and oxygen atoms in total. The molecule has 0 aliphatic carbocycles. The Labute approximate surface area is 106 Å². The molecule has 3 atom stereocenters. The first-order valence-electron chi connectivity index (χ1n) is 6.46. The Bertz CT molecular complexity index is 176. The van der Waals surface area contributed by atoms with Crippen LogP contribution < -0.4 is 5.32 Å². The molecule has 0 aromatic carbocycles. The fraction of sp³-hybridized carbons (Fsp3) is 1.00. The van der Waals surface area contributed by atoms with Crippen molar-refractivity contribution < 1.29 is 14.6 Å². The van der Waals surface area contributed by atoms with Crippen molar-refractivity contribution in [2.45, 2.75) is 39.9 Å². The lowest BCUT2D eigenvalue weighted by Crippen LogP contribution is -2.35. The molecule has 0 spiro atoms. The SMILES string of the molecule is COCC(C)OCC(O)CNCC(C)C(C)C. The van der Waals surface area contributed by atoms with Crippen molar-refractivity contribution >= 4 is 0 Å². The van der Waals surface area contributed by atoms with E-state index in [9.17, 15) is 5.11 Å². The van der Waals surface area contributed by atoms with Gasteiger partial charge in [-0.2, -0.15) is 0 Å². The van der Waals surface area contributed by atoms with Gasteiger partial charge >= 0.3 is 0 Å². The minimum atomic E-state index is -0.450. The minimum absolute atomic E-state index is 0.0317. The Morgan fingerprint density at radius 2 is 1.71 bits per heavy atom. The number of hydrogen-bond acceptors (Lipinski definition) is 4. The van der Waals surface area contributed by atoms with E-state index >= 15 is 0 Å². The number of hydrogen-bond donors (Lipinski definition) is 2. The lowest BCUT2D eigenvalue weighted by molar-refractivity contribution is -0.0312. The van der Waals surface area contributed by atoms with Gasteiger partial charge in [0.1, 0.15) is 0 Å². The Kier molecular flexibility index (Phi) is 9.74. The number of rotatable bonds is 10. The number of nitrogens with one attached hydrogen (secondary N) is 1. The van der Waals surface area contributed by atoms with E-state index < -0.39 is 6.10 Å². The maximum Gasteiger partial charge on any atom is 0.0897 e. The third-order valence-corrected chi connectivity index (χ3v) is 2.96. The predicted octanol–water partition coefficient (Wildman–Crippen LogP) is 1.28. The molecule has 0 aliphatic rings. The first kappa shape index (κ1) is 16.8. The summed E-state index contributed by atoms with van der Waals surface area (Å²) in [6, 6.07) is 0. The second-order valence-corrected chi connectivity index (χ2v) is 5.13. The first-order chi connectivity index (χ1) is 7.97. The van der Waals surface area contributed by atoms with Gasteiger partial charge in [-0.1, -0.05) is 20.8 Å². The summed E-state index contributed by atoms with van der Waals surface area (Å²) in [6.45, 7) is 11.0. The second kappa shape index (κ2) is 9.83. The van der Waals surface area contributed by atoms with E-state index in [-0.39, 0.29) is 6.10 Å². The lowest BCUT2D eigenvalue weighted by atomic mass is 9.98. The van der Waals surface area contributed by atoms with Crippen molar-refractivity contribution in [3.8, 4) is 0 Å². The lowest BCUT2D eigenvalue weighted by Gasteiger charge is -2.19. The third kappa shape index (κ3) is 9.53. The Balaban J connectivity index is 3.49. The Hall–Kier alpha value is -0.160. The van der Waals surface area contributed by atoms with E-state index in [4.69, 9.17) is 9.47 Å². The van der Waals surface area contributed by atoms with Crippen molar-refractivity contribution in [2.75, 3.05) is 33.4 Å². The van der Waals surface area contributed by atoms with Crippen molar-refractivity contribution in [1.29, 1.82) is 0 Å². The molecule has 3 unspecified atom stereocenters. The van der Waals surface area contributed by atoms with E-state index in [1.807, 2.05) is 6.92 Å². The average molecular weight is 247 g/mol. The van der Waals surface area contributed by atoms with Crippen LogP contribution in [0.1, 0.15) is 27.7 Å². The standard InChI is InChI=1S/C13H29NO3/c1-10(2)11(3)6-14-7-13(15)9-17-12(4)8-16-5/h10-15H,6-9H2,1-5H3. The Morgan fingerprint density at radius 1 is 1.06 bits per heavy atom. The summed E-state index contributed by atoms with van der Waals surface area (Å²) >= 11 is 0. The second-order valence-electron chi connectivity index (χ2n) is 5.13. The zero-order chi connectivity index (χ0) is 13.3. The molecule has 0 radical (unpaired) electrons. The van der Waals surface area contributed by atoms with Gasteiger partial charge in [0.15, 0.2) is 0 Å². The normalized spacial score (nSPS) is 17.1. The summed E-state index contributed by atoms with van der Waals surface area (Å²) in [5.41, 5.74) is 0. The molecule has 0 aromatic rings. The van der Waals surface area contributed by atoms with Gasteiger partial charge in [0, 0.05) is 13.7 Å². The largest absolute Gasteiger partial charge is 0.389 e. The quantitative estimate of drug-likeness (QED) is 0.610. The molecule has 104 valence electrons. The van der Waals surface area contributed by atoms with Crippen LogP contribution >= 0.6 is 0 Å². The van der Waals surface area contributed by atoms with E-state index in [0.29, 0.717) is 31.6 Å². The molecule has 0 fully saturated rings. The highest BCUT2D eigenvalue weighted by atomic mass is 16.5. The van der Waals surface area contributed by atoms with Gasteiger partial charge in [-0.25, -0.2) is 0 Å². The van der Waals surface area contributed by atoms with Gasteiger partial charge in [0.05, 0.1) is 25.4 Å². The number of aliphatic hydroxyl groups excluding tert-OH is 1. The molecule has 0 bridgehead atoms. The Morgan fingerprint density at radius 3 is 2.24 bits per heavy atom. The summed E-state index contributed by atoms with van der Waals surface area (Å²) in [7, 11) is 1.64. The molecule has 0 heterocycles. The van der Waals surface area contributed by atoms with Crippen LogP contribution in [-0.4, -0.2) is 50.7 Å². The maximum absolute atomic E-state index is 9.69. The topological polar surface area (TPSA) is 50.7 Å². The predicted molar refractivity (Wildman–Crippen MR) is 70.2 cm³/mol. The van der Waals surface area contributed by atoms with Crippen LogP contribution in [0.5, 0.6) is 0 Å². The first-order valence-corrected chi connectivity index (χ1v) is 6.46. The van der Waals surface area contributed by atoms with Crippen LogP contribution in [0.2, 0.25) is 0 Å². The zero-order valence-electron chi connectivity index (χ0n) is 11.9. The highest BCUT2D eigenvalue weighted by molar-refractivity contribution is 4.64. The van der Waals surface area contributed by atoms with Gasteiger partial charge in [-0.15, -0.1) is 0 Å². The zero-order valence-corrected chi connectivity index (χ0v) is 11.9. The van der Waals surface area contributed by atoms with Crippen LogP contribution in [0.15, 0.2) is 0 Å². The van der Waals surface area contributed by atoms with Crippen LogP contribution in [-0.2, 0) is 9.47 Å². The average Bonchev–Trinajstić information content (AvgIpc) is 2.26. The molecule has 0 aromatic heterocycles. The molecule has 2 N–H and O–H groups in total. The van der Waals surface area contributed by atoms with E-state index in [1.165, 1.54) is 0 Å². The monoisotopic (exact) mass is 247 g/mol. The fourth-order valence-electron chi connectivity index (χ4n) is 1.33. The van der Waals surface area contributed by atoms with Crippen LogP contribution in [0.3, 0.4) is 0 Å². The molecule has 0 rings (SSSR count). The van der Waals surface area contributed by atoms with E-state index in [2.05, 4.69) is 26.1 Å². The molecule has 0 saturated carbocycles. The highest BCUT2D eigenvalue weighted by Gasteiger charge is 2.10. The van der Waals surface area contributed by atoms with Crippen molar-refractivity contribution in [1.82, 2.24) is 5.32 Å². The number of aliphatic hydroxyl groups is 1. The van der Waals surface area contributed by atoms with Crippen molar-refractivity contribution in [3.63, 3.8) is 0 Å². The fourth-order valence-corrected chi connectivity index (χ4v) is 1.33. The smallest absolute Gasteiger partial charge is 0.0897 e. The van der Waals surface area contributed by atoms with Crippen molar-refractivity contribution in [3.05, 3.63) is 0 Å². The van der Waals surface area contributed by atoms with Gasteiger partial charge in [-0.05, 0) is 25.3 Å². The van der Waals surface area contributed by atoms with Crippen LogP contribution in [0, 0.1) is 11.8 Å². The number of ether oxygens (including phenoxy) is 2. The molecular formula is C13H29NO3. The molecule has 0 saturated heterocycles. The van der Waals surface area contributed by atoms with Crippen LogP contribution in [0.25, 0.3) is 0 Å². The molecule has 0 aliphatic heterocycles. The van der Waals surface area contributed by atoms with E-state index in [0.717, 1.165) is 6.54 Å². The molecule has 4 heteroatoms. The van der Waals surface area contributed by atoms with Gasteiger partial charge in [-0.3, -0.25) is 0 Å². The van der Waals surface area contributed by atoms with Crippen LogP contribution in [0.4, 0.5) is 0 Å². The number of methoxy groups -OCH3 is 1. The summed E-state index contributed by atoms with van der Waals surface area (Å²) < 4.78 is 10.4.